The van der Waals surface area contributed by atoms with E-state index in [9.17, 15) is 32.3 Å². The van der Waals surface area contributed by atoms with Gasteiger partial charge in [0.1, 0.15) is 5.65 Å². The third kappa shape index (κ3) is 4.04. The van der Waals surface area contributed by atoms with Crippen molar-refractivity contribution in [1.82, 2.24) is 20.3 Å². The normalized spacial score (nSPS) is 16.7. The number of carbonyl (C=O) groups is 2. The summed E-state index contributed by atoms with van der Waals surface area (Å²) in [6.07, 6.45) is -3.48. The average molecular weight is 433 g/mol. The van der Waals surface area contributed by atoms with Crippen LogP contribution < -0.4 is 21.5 Å². The molecule has 9 nitrogen and oxygen atoms in total. The predicted molar refractivity (Wildman–Crippen MR) is 103 cm³/mol. The fourth-order valence-corrected chi connectivity index (χ4v) is 3.34. The highest BCUT2D eigenvalue weighted by Crippen LogP contribution is 2.32. The Morgan fingerprint density at radius 1 is 1.16 bits per heavy atom. The molecule has 0 spiro atoms. The number of anilines is 1. The molecule has 3 aromatic rings. The molecule has 12 heteroatoms. The number of nitrogens with zero attached hydrogens (tertiary/aromatic N) is 2. The van der Waals surface area contributed by atoms with Gasteiger partial charge in [0.25, 0.3) is 11.5 Å². The van der Waals surface area contributed by atoms with Gasteiger partial charge in [-0.05, 0) is 24.3 Å². The molecule has 31 heavy (non-hydrogen) atoms. The molecule has 1 unspecified atom stereocenters. The highest BCUT2D eigenvalue weighted by Gasteiger charge is 2.34. The lowest BCUT2D eigenvalue weighted by Gasteiger charge is -2.18. The molecule has 0 saturated carbocycles. The SMILES string of the molecule is O=C(NC1CC(=O)N(c2cccc(C(F)(F)F)c2)C1)c1cnc2[nH]c(=O)[nH]c(=O)c2c1. The van der Waals surface area contributed by atoms with E-state index in [-0.39, 0.29) is 35.2 Å². The molecule has 2 aromatic heterocycles. The number of alkyl halides is 3. The summed E-state index contributed by atoms with van der Waals surface area (Å²) in [5.74, 6) is -1.06. The number of hydrogen-bond donors (Lipinski definition) is 3. The molecular weight excluding hydrogens is 419 g/mol. The van der Waals surface area contributed by atoms with Crippen LogP contribution in [0.5, 0.6) is 0 Å². The van der Waals surface area contributed by atoms with Gasteiger partial charge in [-0.3, -0.25) is 24.4 Å². The van der Waals surface area contributed by atoms with Crippen molar-refractivity contribution in [1.29, 1.82) is 0 Å². The van der Waals surface area contributed by atoms with Crippen molar-refractivity contribution in [2.45, 2.75) is 18.6 Å². The van der Waals surface area contributed by atoms with Crippen molar-refractivity contribution in [3.05, 3.63) is 68.5 Å². The number of aromatic nitrogens is 3. The van der Waals surface area contributed by atoms with Crippen LogP contribution >= 0.6 is 0 Å². The minimum absolute atomic E-state index is 0.000315. The number of carbonyl (C=O) groups excluding carboxylic acids is 2. The number of amides is 2. The monoisotopic (exact) mass is 433 g/mol. The van der Waals surface area contributed by atoms with E-state index in [1.807, 2.05) is 4.98 Å². The number of benzene rings is 1. The Balaban J connectivity index is 1.52. The van der Waals surface area contributed by atoms with Crippen molar-refractivity contribution >= 4 is 28.5 Å². The molecule has 3 heterocycles. The van der Waals surface area contributed by atoms with E-state index < -0.39 is 40.8 Å². The Morgan fingerprint density at radius 2 is 1.94 bits per heavy atom. The maximum Gasteiger partial charge on any atom is 0.416 e. The summed E-state index contributed by atoms with van der Waals surface area (Å²) >= 11 is 0. The summed E-state index contributed by atoms with van der Waals surface area (Å²) < 4.78 is 38.8. The summed E-state index contributed by atoms with van der Waals surface area (Å²) in [5, 5.41) is 2.62. The van der Waals surface area contributed by atoms with Gasteiger partial charge in [-0.25, -0.2) is 9.78 Å². The van der Waals surface area contributed by atoms with Gasteiger partial charge in [0.15, 0.2) is 0 Å². The van der Waals surface area contributed by atoms with Gasteiger partial charge in [-0.2, -0.15) is 13.2 Å². The van der Waals surface area contributed by atoms with Crippen LogP contribution in [-0.2, 0) is 11.0 Å². The van der Waals surface area contributed by atoms with E-state index in [0.717, 1.165) is 18.3 Å². The number of halogens is 3. The highest BCUT2D eigenvalue weighted by atomic mass is 19.4. The van der Waals surface area contributed by atoms with Gasteiger partial charge in [0.2, 0.25) is 5.91 Å². The van der Waals surface area contributed by atoms with E-state index >= 15 is 0 Å². The third-order valence-corrected chi connectivity index (χ3v) is 4.80. The maximum absolute atomic E-state index is 12.9. The van der Waals surface area contributed by atoms with E-state index in [1.165, 1.54) is 23.1 Å². The minimum Gasteiger partial charge on any atom is -0.347 e. The summed E-state index contributed by atoms with van der Waals surface area (Å²) in [6.45, 7) is -0.0131. The number of aromatic amines is 2. The Morgan fingerprint density at radius 3 is 2.68 bits per heavy atom. The third-order valence-electron chi connectivity index (χ3n) is 4.80. The van der Waals surface area contributed by atoms with Crippen molar-refractivity contribution in [3.8, 4) is 0 Å². The van der Waals surface area contributed by atoms with E-state index in [2.05, 4.69) is 15.3 Å². The second-order valence-electron chi connectivity index (χ2n) is 6.96. The van der Waals surface area contributed by atoms with E-state index in [4.69, 9.17) is 0 Å². The zero-order valence-corrected chi connectivity index (χ0v) is 15.6. The van der Waals surface area contributed by atoms with Crippen LogP contribution in [-0.4, -0.2) is 39.4 Å². The molecule has 2 amide bonds. The van der Waals surface area contributed by atoms with Crippen molar-refractivity contribution in [2.24, 2.45) is 0 Å². The van der Waals surface area contributed by atoms with Crippen molar-refractivity contribution < 1.29 is 22.8 Å². The average Bonchev–Trinajstić information content (AvgIpc) is 3.07. The van der Waals surface area contributed by atoms with Gasteiger partial charge < -0.3 is 10.2 Å². The summed E-state index contributed by atoms with van der Waals surface area (Å²) in [7, 11) is 0. The fourth-order valence-electron chi connectivity index (χ4n) is 3.34. The zero-order valence-electron chi connectivity index (χ0n) is 15.6. The molecule has 1 aliphatic heterocycles. The number of H-pyrrole nitrogens is 2. The van der Waals surface area contributed by atoms with Crippen LogP contribution in [0.2, 0.25) is 0 Å². The molecule has 3 N–H and O–H groups in total. The second-order valence-corrected chi connectivity index (χ2v) is 6.96. The fraction of sp³-hybridized carbons (Fsp3) is 0.211. The van der Waals surface area contributed by atoms with Gasteiger partial charge in [-0.1, -0.05) is 6.07 Å². The first-order valence-corrected chi connectivity index (χ1v) is 9.02. The van der Waals surface area contributed by atoms with Crippen LogP contribution in [0.3, 0.4) is 0 Å². The lowest BCUT2D eigenvalue weighted by atomic mass is 10.2. The molecule has 160 valence electrons. The molecule has 1 fully saturated rings. The van der Waals surface area contributed by atoms with Gasteiger partial charge in [-0.15, -0.1) is 0 Å². The van der Waals surface area contributed by atoms with E-state index in [0.29, 0.717) is 0 Å². The first kappa shape index (κ1) is 20.3. The summed E-state index contributed by atoms with van der Waals surface area (Å²) in [6, 6.07) is 4.97. The van der Waals surface area contributed by atoms with Crippen LogP contribution in [0.1, 0.15) is 22.3 Å². The Labute approximate surface area is 170 Å². The van der Waals surface area contributed by atoms with Crippen LogP contribution in [0.15, 0.2) is 46.1 Å². The maximum atomic E-state index is 12.9. The second kappa shape index (κ2) is 7.38. The largest absolute Gasteiger partial charge is 0.416 e. The molecule has 1 atom stereocenters. The highest BCUT2D eigenvalue weighted by molar-refractivity contribution is 6.00. The Bertz CT molecular complexity index is 1310. The Hall–Kier alpha value is -3.96. The van der Waals surface area contributed by atoms with Crippen LogP contribution in [0, 0.1) is 0 Å². The standard InChI is InChI=1S/C19H14F3N5O4/c20-19(21,22)10-2-1-3-12(5-10)27-8-11(6-14(27)28)24-16(29)9-4-13-15(23-7-9)25-18(31)26-17(13)30/h1-5,7,11H,6,8H2,(H,24,29)(H2,23,25,26,30,31). The quantitative estimate of drug-likeness (QED) is 0.571. The number of rotatable bonds is 3. The summed E-state index contributed by atoms with van der Waals surface area (Å²) in [5.41, 5.74) is -2.21. The number of nitrogens with one attached hydrogen (secondary N) is 3. The minimum atomic E-state index is -4.54. The molecule has 0 bridgehead atoms. The van der Waals surface area contributed by atoms with Crippen molar-refractivity contribution in [2.75, 3.05) is 11.4 Å². The lowest BCUT2D eigenvalue weighted by Crippen LogP contribution is -2.37. The smallest absolute Gasteiger partial charge is 0.347 e. The predicted octanol–water partition coefficient (Wildman–Crippen LogP) is 1.17. The summed E-state index contributed by atoms with van der Waals surface area (Å²) in [4.78, 5) is 57.4. The van der Waals surface area contributed by atoms with Gasteiger partial charge in [0.05, 0.1) is 22.6 Å². The van der Waals surface area contributed by atoms with Gasteiger partial charge >= 0.3 is 11.9 Å². The molecule has 4 rings (SSSR count). The zero-order chi connectivity index (χ0) is 22.3. The van der Waals surface area contributed by atoms with Crippen LogP contribution in [0.4, 0.5) is 18.9 Å². The van der Waals surface area contributed by atoms with Crippen molar-refractivity contribution in [3.63, 3.8) is 0 Å². The first-order chi connectivity index (χ1) is 14.6. The molecular formula is C19H14F3N5O4. The lowest BCUT2D eigenvalue weighted by molar-refractivity contribution is -0.137. The number of hydrogen-bond acceptors (Lipinski definition) is 5. The molecule has 1 saturated heterocycles. The van der Waals surface area contributed by atoms with E-state index in [1.54, 1.807) is 0 Å². The topological polar surface area (TPSA) is 128 Å². The molecule has 0 aliphatic carbocycles. The molecule has 1 aromatic carbocycles. The Kier molecular flexibility index (Phi) is 4.84. The number of fused-ring (bicyclic) bond motifs is 1. The number of pyridine rings is 1. The molecule has 0 radical (unpaired) electrons. The van der Waals surface area contributed by atoms with Crippen LogP contribution in [0.25, 0.3) is 11.0 Å². The van der Waals surface area contributed by atoms with Gasteiger partial charge in [0, 0.05) is 24.8 Å². The molecule has 1 aliphatic rings. The first-order valence-electron chi connectivity index (χ1n) is 9.02.